The Morgan fingerprint density at radius 2 is 2.05 bits per heavy atom. The number of aromatic nitrogens is 1. The second kappa shape index (κ2) is 7.24. The third-order valence-corrected chi connectivity index (χ3v) is 3.97. The largest absolute Gasteiger partial charge is 0.465 e. The van der Waals surface area contributed by atoms with Crippen molar-refractivity contribution >= 4 is 11.8 Å². The number of nitrogens with one attached hydrogen (secondary N) is 1. The molecule has 1 heterocycles. The first-order chi connectivity index (χ1) is 9.51. The third-order valence-electron chi connectivity index (χ3n) is 3.97. The summed E-state index contributed by atoms with van der Waals surface area (Å²) in [6.07, 6.45) is 1.79. The van der Waals surface area contributed by atoms with Gasteiger partial charge in [-0.15, -0.1) is 0 Å². The fraction of sp³-hybridized carbons (Fsp3) is 0.600. The van der Waals surface area contributed by atoms with Crippen molar-refractivity contribution in [2.45, 2.75) is 33.6 Å². The van der Waals surface area contributed by atoms with Gasteiger partial charge in [-0.2, -0.15) is 0 Å². The van der Waals surface area contributed by atoms with Gasteiger partial charge < -0.3 is 15.2 Å². The van der Waals surface area contributed by atoms with E-state index in [4.69, 9.17) is 4.74 Å². The number of aliphatic hydroxyl groups excluding tert-OH is 1. The van der Waals surface area contributed by atoms with Gasteiger partial charge in [0.25, 0.3) is 0 Å². The van der Waals surface area contributed by atoms with Crippen LogP contribution in [-0.2, 0) is 4.74 Å². The molecule has 0 aromatic carbocycles. The Balaban J connectivity index is 2.80. The van der Waals surface area contributed by atoms with E-state index in [-0.39, 0.29) is 18.0 Å². The summed E-state index contributed by atoms with van der Waals surface area (Å²) in [7, 11) is 1.35. The van der Waals surface area contributed by atoms with Gasteiger partial charge in [0.15, 0.2) is 0 Å². The van der Waals surface area contributed by atoms with Gasteiger partial charge in [0.05, 0.1) is 25.0 Å². The minimum Gasteiger partial charge on any atom is -0.465 e. The summed E-state index contributed by atoms with van der Waals surface area (Å²) in [5.74, 6) is 0.322. The lowest BCUT2D eigenvalue weighted by atomic mass is 9.83. The molecule has 112 valence electrons. The van der Waals surface area contributed by atoms with Crippen molar-refractivity contribution < 1.29 is 14.6 Å². The quantitative estimate of drug-likeness (QED) is 0.750. The van der Waals surface area contributed by atoms with E-state index in [1.807, 2.05) is 0 Å². The molecule has 1 aromatic rings. The van der Waals surface area contributed by atoms with E-state index in [1.165, 1.54) is 7.11 Å². The van der Waals surface area contributed by atoms with Crippen molar-refractivity contribution in [1.82, 2.24) is 4.98 Å². The summed E-state index contributed by atoms with van der Waals surface area (Å²) in [5, 5.41) is 12.8. The highest BCUT2D eigenvalue weighted by atomic mass is 16.5. The van der Waals surface area contributed by atoms with Crippen molar-refractivity contribution in [2.75, 3.05) is 25.6 Å². The van der Waals surface area contributed by atoms with Gasteiger partial charge >= 0.3 is 5.97 Å². The number of aliphatic hydroxyl groups is 1. The van der Waals surface area contributed by atoms with Gasteiger partial charge in [-0.25, -0.2) is 9.78 Å². The van der Waals surface area contributed by atoms with Gasteiger partial charge in [-0.05, 0) is 31.9 Å². The number of methoxy groups -OCH3 is 1. The van der Waals surface area contributed by atoms with Crippen LogP contribution >= 0.6 is 0 Å². The molecule has 0 saturated carbocycles. The number of hydrogen-bond donors (Lipinski definition) is 2. The van der Waals surface area contributed by atoms with Gasteiger partial charge in [-0.1, -0.05) is 13.8 Å². The van der Waals surface area contributed by atoms with E-state index in [1.54, 1.807) is 19.1 Å². The third kappa shape index (κ3) is 3.70. The SMILES string of the molecule is CCC(CC)(CO)CNc1ccc(C(=O)OC)c(C)n1. The smallest absolute Gasteiger partial charge is 0.339 e. The first-order valence-electron chi connectivity index (χ1n) is 6.92. The summed E-state index contributed by atoms with van der Waals surface area (Å²) in [6, 6.07) is 3.46. The van der Waals surface area contributed by atoms with Crippen LogP contribution in [0.25, 0.3) is 0 Å². The molecule has 0 bridgehead atoms. The number of aryl methyl sites for hydroxylation is 1. The molecule has 0 aliphatic heterocycles. The fourth-order valence-electron chi connectivity index (χ4n) is 2.04. The van der Waals surface area contributed by atoms with Crippen LogP contribution in [0.15, 0.2) is 12.1 Å². The lowest BCUT2D eigenvalue weighted by Crippen LogP contribution is -2.32. The topological polar surface area (TPSA) is 71.5 Å². The molecular weight excluding hydrogens is 256 g/mol. The van der Waals surface area contributed by atoms with Crippen LogP contribution in [0, 0.1) is 12.3 Å². The number of ether oxygens (including phenoxy) is 1. The number of rotatable bonds is 7. The number of anilines is 1. The lowest BCUT2D eigenvalue weighted by Gasteiger charge is -2.29. The molecule has 5 nitrogen and oxygen atoms in total. The number of carbonyl (C=O) groups excluding carboxylic acids is 1. The number of carbonyl (C=O) groups is 1. The summed E-state index contributed by atoms with van der Waals surface area (Å²) >= 11 is 0. The predicted octanol–water partition coefficient (Wildman–Crippen LogP) is 2.39. The Morgan fingerprint density at radius 1 is 1.40 bits per heavy atom. The van der Waals surface area contributed by atoms with Gasteiger partial charge in [-0.3, -0.25) is 0 Å². The van der Waals surface area contributed by atoms with Crippen molar-refractivity contribution in [3.63, 3.8) is 0 Å². The van der Waals surface area contributed by atoms with Crippen LogP contribution in [0.4, 0.5) is 5.82 Å². The van der Waals surface area contributed by atoms with Gasteiger partial charge in [0.1, 0.15) is 5.82 Å². The molecule has 2 N–H and O–H groups in total. The van der Waals surface area contributed by atoms with Crippen LogP contribution in [0.2, 0.25) is 0 Å². The van der Waals surface area contributed by atoms with Crippen LogP contribution in [-0.4, -0.2) is 36.3 Å². The Morgan fingerprint density at radius 3 is 2.50 bits per heavy atom. The number of nitrogens with zero attached hydrogens (tertiary/aromatic N) is 1. The Bertz CT molecular complexity index is 448. The molecule has 0 aliphatic rings. The van der Waals surface area contributed by atoms with E-state index >= 15 is 0 Å². The second-order valence-electron chi connectivity index (χ2n) is 5.04. The van der Waals surface area contributed by atoms with Crippen molar-refractivity contribution in [3.8, 4) is 0 Å². The van der Waals surface area contributed by atoms with E-state index in [2.05, 4.69) is 24.1 Å². The van der Waals surface area contributed by atoms with Crippen LogP contribution in [0.1, 0.15) is 42.7 Å². The van der Waals surface area contributed by atoms with E-state index in [0.29, 0.717) is 23.6 Å². The molecule has 0 atom stereocenters. The maximum atomic E-state index is 11.5. The van der Waals surface area contributed by atoms with Crippen LogP contribution < -0.4 is 5.32 Å². The molecule has 0 aliphatic carbocycles. The monoisotopic (exact) mass is 280 g/mol. The van der Waals surface area contributed by atoms with Gasteiger partial charge in [0, 0.05) is 12.0 Å². The summed E-state index contributed by atoms with van der Waals surface area (Å²) in [6.45, 7) is 6.71. The maximum absolute atomic E-state index is 11.5. The average Bonchev–Trinajstić information content (AvgIpc) is 2.48. The van der Waals surface area contributed by atoms with Crippen molar-refractivity contribution in [1.29, 1.82) is 0 Å². The highest BCUT2D eigenvalue weighted by Crippen LogP contribution is 2.26. The number of pyridine rings is 1. The van der Waals surface area contributed by atoms with E-state index in [9.17, 15) is 9.90 Å². The Kier molecular flexibility index (Phi) is 5.95. The number of esters is 1. The van der Waals surface area contributed by atoms with Crippen LogP contribution in [0.5, 0.6) is 0 Å². The summed E-state index contributed by atoms with van der Waals surface area (Å²) < 4.78 is 4.69. The lowest BCUT2D eigenvalue weighted by molar-refractivity contribution is 0.0599. The Labute approximate surface area is 120 Å². The molecule has 0 radical (unpaired) electrons. The predicted molar refractivity (Wildman–Crippen MR) is 78.9 cm³/mol. The van der Waals surface area contributed by atoms with Gasteiger partial charge in [0.2, 0.25) is 0 Å². The first kappa shape index (κ1) is 16.4. The van der Waals surface area contributed by atoms with E-state index in [0.717, 1.165) is 12.8 Å². The first-order valence-corrected chi connectivity index (χ1v) is 6.92. The minimum absolute atomic E-state index is 0.128. The zero-order valence-corrected chi connectivity index (χ0v) is 12.7. The molecule has 5 heteroatoms. The second-order valence-corrected chi connectivity index (χ2v) is 5.04. The average molecular weight is 280 g/mol. The standard InChI is InChI=1S/C15H24N2O3/c1-5-15(6-2,10-18)9-16-13-8-7-12(11(3)17-13)14(19)20-4/h7-8,18H,5-6,9-10H2,1-4H3,(H,16,17). The zero-order chi connectivity index (χ0) is 15.2. The molecule has 1 aromatic heterocycles. The summed E-state index contributed by atoms with van der Waals surface area (Å²) in [4.78, 5) is 15.8. The number of hydrogen-bond acceptors (Lipinski definition) is 5. The molecule has 0 saturated heterocycles. The molecule has 0 unspecified atom stereocenters. The molecule has 0 spiro atoms. The van der Waals surface area contributed by atoms with E-state index < -0.39 is 0 Å². The Hall–Kier alpha value is -1.62. The molecular formula is C15H24N2O3. The van der Waals surface area contributed by atoms with Crippen molar-refractivity contribution in [3.05, 3.63) is 23.4 Å². The minimum atomic E-state index is -0.381. The highest BCUT2D eigenvalue weighted by Gasteiger charge is 2.25. The van der Waals surface area contributed by atoms with Crippen LogP contribution in [0.3, 0.4) is 0 Å². The molecule has 0 amide bonds. The molecule has 0 fully saturated rings. The summed E-state index contributed by atoms with van der Waals surface area (Å²) in [5.41, 5.74) is 0.971. The van der Waals surface area contributed by atoms with Crippen molar-refractivity contribution in [2.24, 2.45) is 5.41 Å². The molecule has 1 rings (SSSR count). The highest BCUT2D eigenvalue weighted by molar-refractivity contribution is 5.90. The zero-order valence-electron chi connectivity index (χ0n) is 12.7. The normalized spacial score (nSPS) is 11.2. The molecule has 20 heavy (non-hydrogen) atoms. The maximum Gasteiger partial charge on any atom is 0.339 e. The fourth-order valence-corrected chi connectivity index (χ4v) is 2.04.